The van der Waals surface area contributed by atoms with Gasteiger partial charge in [-0.2, -0.15) is 0 Å². The number of amides is 1. The molecular formula is C12H18N2O2S. The molecular weight excluding hydrogens is 236 g/mol. The molecule has 17 heavy (non-hydrogen) atoms. The number of hydrogen-bond acceptors (Lipinski definition) is 4. The molecule has 0 radical (unpaired) electrons. The Morgan fingerprint density at radius 3 is 3.29 bits per heavy atom. The number of carbonyl (C=O) groups excluding carboxylic acids is 1. The van der Waals surface area contributed by atoms with E-state index in [1.165, 1.54) is 24.2 Å². The lowest BCUT2D eigenvalue weighted by molar-refractivity contribution is 0.0946. The second-order valence-electron chi connectivity index (χ2n) is 4.24. The van der Waals surface area contributed by atoms with Crippen molar-refractivity contribution in [2.45, 2.75) is 12.8 Å². The van der Waals surface area contributed by atoms with Gasteiger partial charge in [0.15, 0.2) is 0 Å². The molecule has 94 valence electrons. The molecule has 1 amide bonds. The minimum absolute atomic E-state index is 0.0255. The molecule has 1 saturated heterocycles. The van der Waals surface area contributed by atoms with Crippen LogP contribution in [0.2, 0.25) is 0 Å². The average Bonchev–Trinajstić information content (AvgIpc) is 2.85. The van der Waals surface area contributed by atoms with Gasteiger partial charge in [0.05, 0.1) is 7.11 Å². The van der Waals surface area contributed by atoms with Crippen molar-refractivity contribution in [3.63, 3.8) is 0 Å². The average molecular weight is 254 g/mol. The van der Waals surface area contributed by atoms with Crippen molar-refractivity contribution in [3.8, 4) is 5.75 Å². The maximum Gasteiger partial charge on any atom is 0.265 e. The van der Waals surface area contributed by atoms with Crippen molar-refractivity contribution in [2.24, 2.45) is 5.92 Å². The molecule has 2 N–H and O–H groups in total. The third kappa shape index (κ3) is 3.20. The number of ether oxygens (including phenoxy) is 1. The summed E-state index contributed by atoms with van der Waals surface area (Å²) in [6.07, 6.45) is 2.39. The second-order valence-corrected chi connectivity index (χ2v) is 5.16. The van der Waals surface area contributed by atoms with Gasteiger partial charge in [0.25, 0.3) is 5.91 Å². The van der Waals surface area contributed by atoms with Crippen LogP contribution in [0.5, 0.6) is 5.75 Å². The first kappa shape index (κ1) is 12.4. The Morgan fingerprint density at radius 2 is 2.59 bits per heavy atom. The highest BCUT2D eigenvalue weighted by molar-refractivity contribution is 7.12. The lowest BCUT2D eigenvalue weighted by Gasteiger charge is -2.22. The Bertz CT molecular complexity index is 372. The number of nitrogens with one attached hydrogen (secondary N) is 2. The van der Waals surface area contributed by atoms with Crippen LogP contribution >= 0.6 is 11.3 Å². The predicted molar refractivity (Wildman–Crippen MR) is 68.8 cm³/mol. The molecule has 1 fully saturated rings. The van der Waals surface area contributed by atoms with E-state index in [4.69, 9.17) is 4.74 Å². The topological polar surface area (TPSA) is 50.4 Å². The van der Waals surface area contributed by atoms with E-state index in [1.54, 1.807) is 7.11 Å². The quantitative estimate of drug-likeness (QED) is 0.856. The fraction of sp³-hybridized carbons (Fsp3) is 0.583. The minimum Gasteiger partial charge on any atom is -0.495 e. The van der Waals surface area contributed by atoms with Gasteiger partial charge in [-0.1, -0.05) is 0 Å². The molecule has 1 unspecified atom stereocenters. The molecule has 4 nitrogen and oxygen atoms in total. The van der Waals surface area contributed by atoms with Crippen LogP contribution in [-0.2, 0) is 0 Å². The zero-order valence-corrected chi connectivity index (χ0v) is 10.8. The standard InChI is InChI=1S/C12H18N2O2S/c1-16-10-4-6-17-11(10)12(15)14-8-9-3-2-5-13-7-9/h4,6,9,13H,2-3,5,7-8H2,1H3,(H,14,15). The SMILES string of the molecule is COc1ccsc1C(=O)NCC1CCCNC1. The predicted octanol–water partition coefficient (Wildman–Crippen LogP) is 1.49. The van der Waals surface area contributed by atoms with Crippen LogP contribution in [-0.4, -0.2) is 32.7 Å². The van der Waals surface area contributed by atoms with Crippen LogP contribution < -0.4 is 15.4 Å². The van der Waals surface area contributed by atoms with E-state index in [-0.39, 0.29) is 5.91 Å². The number of thiophene rings is 1. The number of piperidine rings is 1. The maximum atomic E-state index is 11.9. The van der Waals surface area contributed by atoms with Crippen LogP contribution in [0.4, 0.5) is 0 Å². The van der Waals surface area contributed by atoms with E-state index < -0.39 is 0 Å². The van der Waals surface area contributed by atoms with Crippen molar-refractivity contribution >= 4 is 17.2 Å². The molecule has 1 aromatic rings. The van der Waals surface area contributed by atoms with Crippen molar-refractivity contribution in [1.29, 1.82) is 0 Å². The number of hydrogen-bond donors (Lipinski definition) is 2. The minimum atomic E-state index is -0.0255. The Hall–Kier alpha value is -1.07. The lowest BCUT2D eigenvalue weighted by atomic mass is 10.00. The molecule has 2 heterocycles. The van der Waals surface area contributed by atoms with Crippen LogP contribution in [0.25, 0.3) is 0 Å². The summed E-state index contributed by atoms with van der Waals surface area (Å²) in [6.45, 7) is 2.85. The Morgan fingerprint density at radius 1 is 1.71 bits per heavy atom. The van der Waals surface area contributed by atoms with Gasteiger partial charge in [0.2, 0.25) is 0 Å². The van der Waals surface area contributed by atoms with Crippen LogP contribution in [0.15, 0.2) is 11.4 Å². The maximum absolute atomic E-state index is 11.9. The second kappa shape index (κ2) is 6.02. The molecule has 1 aliphatic rings. The normalized spacial score (nSPS) is 19.9. The Labute approximate surface area is 105 Å². The van der Waals surface area contributed by atoms with E-state index in [0.717, 1.165) is 19.6 Å². The molecule has 1 atom stereocenters. The van der Waals surface area contributed by atoms with E-state index >= 15 is 0 Å². The summed E-state index contributed by atoms with van der Waals surface area (Å²) in [5.74, 6) is 1.19. The van der Waals surface area contributed by atoms with Gasteiger partial charge in [-0.25, -0.2) is 0 Å². The zero-order valence-electron chi connectivity index (χ0n) is 9.99. The lowest BCUT2D eigenvalue weighted by Crippen LogP contribution is -2.37. The molecule has 0 spiro atoms. The van der Waals surface area contributed by atoms with E-state index in [0.29, 0.717) is 16.5 Å². The third-order valence-electron chi connectivity index (χ3n) is 3.01. The summed E-state index contributed by atoms with van der Waals surface area (Å²) in [6, 6.07) is 1.82. The first-order valence-corrected chi connectivity index (χ1v) is 6.79. The van der Waals surface area contributed by atoms with Crippen molar-refractivity contribution in [1.82, 2.24) is 10.6 Å². The third-order valence-corrected chi connectivity index (χ3v) is 3.90. The summed E-state index contributed by atoms with van der Waals surface area (Å²) in [5.41, 5.74) is 0. The molecule has 0 aromatic carbocycles. The van der Waals surface area contributed by atoms with Crippen molar-refractivity contribution in [2.75, 3.05) is 26.7 Å². The van der Waals surface area contributed by atoms with Gasteiger partial charge >= 0.3 is 0 Å². The molecule has 1 aliphatic heterocycles. The first-order chi connectivity index (χ1) is 8.31. The molecule has 0 aliphatic carbocycles. The summed E-state index contributed by atoms with van der Waals surface area (Å²) in [7, 11) is 1.59. The van der Waals surface area contributed by atoms with Crippen LogP contribution in [0.3, 0.4) is 0 Å². The first-order valence-electron chi connectivity index (χ1n) is 5.91. The fourth-order valence-electron chi connectivity index (χ4n) is 2.04. The van der Waals surface area contributed by atoms with Gasteiger partial charge in [-0.15, -0.1) is 11.3 Å². The molecule has 1 aromatic heterocycles. The van der Waals surface area contributed by atoms with Crippen molar-refractivity contribution in [3.05, 3.63) is 16.3 Å². The monoisotopic (exact) mass is 254 g/mol. The van der Waals surface area contributed by atoms with Gasteiger partial charge in [0.1, 0.15) is 10.6 Å². The summed E-state index contributed by atoms with van der Waals surface area (Å²) >= 11 is 1.42. The molecule has 0 saturated carbocycles. The number of rotatable bonds is 4. The summed E-state index contributed by atoms with van der Waals surface area (Å²) in [5, 5.41) is 8.19. The molecule has 2 rings (SSSR count). The number of methoxy groups -OCH3 is 1. The van der Waals surface area contributed by atoms with Crippen LogP contribution in [0, 0.1) is 5.92 Å². The highest BCUT2D eigenvalue weighted by Crippen LogP contribution is 2.24. The summed E-state index contributed by atoms with van der Waals surface area (Å²) < 4.78 is 5.14. The Kier molecular flexibility index (Phi) is 4.39. The fourth-order valence-corrected chi connectivity index (χ4v) is 2.81. The highest BCUT2D eigenvalue weighted by Gasteiger charge is 2.17. The van der Waals surface area contributed by atoms with Gasteiger partial charge in [-0.05, 0) is 43.3 Å². The molecule has 5 heteroatoms. The molecule has 0 bridgehead atoms. The van der Waals surface area contributed by atoms with E-state index in [1.807, 2.05) is 11.4 Å². The summed E-state index contributed by atoms with van der Waals surface area (Å²) in [4.78, 5) is 12.6. The van der Waals surface area contributed by atoms with Gasteiger partial charge in [-0.3, -0.25) is 4.79 Å². The Balaban J connectivity index is 1.84. The van der Waals surface area contributed by atoms with Crippen molar-refractivity contribution < 1.29 is 9.53 Å². The van der Waals surface area contributed by atoms with E-state index in [2.05, 4.69) is 10.6 Å². The van der Waals surface area contributed by atoms with Gasteiger partial charge < -0.3 is 15.4 Å². The van der Waals surface area contributed by atoms with Gasteiger partial charge in [0, 0.05) is 6.54 Å². The number of carbonyl (C=O) groups is 1. The zero-order chi connectivity index (χ0) is 12.1. The smallest absolute Gasteiger partial charge is 0.265 e. The highest BCUT2D eigenvalue weighted by atomic mass is 32.1. The van der Waals surface area contributed by atoms with Crippen LogP contribution in [0.1, 0.15) is 22.5 Å². The van der Waals surface area contributed by atoms with E-state index in [9.17, 15) is 4.79 Å². The largest absolute Gasteiger partial charge is 0.495 e.